The van der Waals surface area contributed by atoms with Crippen molar-refractivity contribution < 1.29 is 99.6 Å². The van der Waals surface area contributed by atoms with Gasteiger partial charge in [0.1, 0.15) is 25.4 Å². The van der Waals surface area contributed by atoms with Gasteiger partial charge in [0.05, 0.1) is 12.8 Å². The lowest BCUT2D eigenvalue weighted by atomic mass is 10.0. The first-order valence-corrected chi connectivity index (χ1v) is 10.6. The molecule has 42 heavy (non-hydrogen) atoms. The molecule has 0 aromatic heterocycles. The molecule has 2 atom stereocenters. The van der Waals surface area contributed by atoms with Gasteiger partial charge in [-0.25, -0.2) is 9.59 Å². The smallest absolute Gasteiger partial charge is 0.459 e. The van der Waals surface area contributed by atoms with Crippen molar-refractivity contribution >= 4 is 23.9 Å². The molecule has 0 radical (unpaired) electrons. The third kappa shape index (κ3) is 10.8. The number of hydrogen-bond acceptors (Lipinski definition) is 8. The maximum atomic E-state index is 13.6. The highest BCUT2D eigenvalue weighted by Crippen LogP contribution is 2.49. The Kier molecular flexibility index (Phi) is 12.6. The van der Waals surface area contributed by atoms with E-state index in [9.17, 15) is 80.6 Å². The summed E-state index contributed by atoms with van der Waals surface area (Å²) in [5, 5.41) is 0. The molecular weight excluding hydrogens is 634 g/mol. The van der Waals surface area contributed by atoms with Crippen molar-refractivity contribution in [2.45, 2.75) is 74.9 Å². The Morgan fingerprint density at radius 3 is 1.02 bits per heavy atom. The van der Waals surface area contributed by atoms with Gasteiger partial charge in [0.2, 0.25) is 0 Å². The van der Waals surface area contributed by atoms with E-state index in [0.717, 1.165) is 0 Å². The SMILES string of the molecule is CC(=O)OC(COC(=O)/C=C\C(=O)OCC(CC(F)(F)C(F)(F)C(F)(F)F)OC(C)=O)CC(F)(F)C(F)(F)C(F)(F)F. The second kappa shape index (κ2) is 13.7. The molecule has 0 bridgehead atoms. The standard InChI is InChI=1S/C20H18F14O8/c1-9(35)41-11(5-15(21,22)17(25,26)19(29,30)31)7-39-13(37)3-4-14(38)40-8-12(42-10(2)36)6-16(23,24)18(27,28)20(32,33)34/h3-4,11-12H,5-8H2,1-2H3/b4-3-. The summed E-state index contributed by atoms with van der Waals surface area (Å²) in [6.45, 7) is -2.10. The van der Waals surface area contributed by atoms with Gasteiger partial charge < -0.3 is 18.9 Å². The molecule has 0 saturated heterocycles. The van der Waals surface area contributed by atoms with Crippen molar-refractivity contribution in [1.29, 1.82) is 0 Å². The molecule has 8 nitrogen and oxygen atoms in total. The van der Waals surface area contributed by atoms with Crippen LogP contribution in [0.15, 0.2) is 12.2 Å². The second-order valence-corrected chi connectivity index (χ2v) is 8.02. The van der Waals surface area contributed by atoms with E-state index in [-0.39, 0.29) is 12.2 Å². The molecule has 0 aromatic rings. The Bertz CT molecular complexity index is 926. The van der Waals surface area contributed by atoms with Crippen molar-refractivity contribution in [3.63, 3.8) is 0 Å². The summed E-state index contributed by atoms with van der Waals surface area (Å²) in [5.41, 5.74) is 0. The van der Waals surface area contributed by atoms with Gasteiger partial charge in [-0.05, 0) is 0 Å². The molecule has 0 heterocycles. The van der Waals surface area contributed by atoms with Gasteiger partial charge in [0, 0.05) is 26.0 Å². The Hall–Kier alpha value is -3.36. The Labute approximate surface area is 224 Å². The Morgan fingerprint density at radius 2 is 0.810 bits per heavy atom. The molecular formula is C20H18F14O8. The lowest BCUT2D eigenvalue weighted by Crippen LogP contribution is -2.53. The number of carbonyl (C=O) groups is 4. The molecule has 22 heteroatoms. The van der Waals surface area contributed by atoms with Crippen LogP contribution in [-0.4, -0.2) is 85.3 Å². The van der Waals surface area contributed by atoms with E-state index in [2.05, 4.69) is 18.9 Å². The van der Waals surface area contributed by atoms with E-state index in [1.807, 2.05) is 0 Å². The highest BCUT2D eigenvalue weighted by Gasteiger charge is 2.74. The maximum Gasteiger partial charge on any atom is 0.459 e. The number of alkyl halides is 14. The van der Waals surface area contributed by atoms with Gasteiger partial charge in [-0.1, -0.05) is 0 Å². The zero-order valence-electron chi connectivity index (χ0n) is 20.7. The molecule has 0 aliphatic carbocycles. The van der Waals surface area contributed by atoms with E-state index in [1.54, 1.807) is 0 Å². The third-order valence-electron chi connectivity index (χ3n) is 4.44. The van der Waals surface area contributed by atoms with Gasteiger partial charge in [0.25, 0.3) is 0 Å². The highest BCUT2D eigenvalue weighted by molar-refractivity contribution is 5.91. The molecule has 244 valence electrons. The van der Waals surface area contributed by atoms with Crippen molar-refractivity contribution in [2.75, 3.05) is 13.2 Å². The fourth-order valence-electron chi connectivity index (χ4n) is 2.56. The number of hydrogen-bond donors (Lipinski definition) is 0. The molecule has 0 spiro atoms. The van der Waals surface area contributed by atoms with E-state index in [0.29, 0.717) is 13.8 Å². The van der Waals surface area contributed by atoms with Crippen LogP contribution in [0.4, 0.5) is 61.5 Å². The van der Waals surface area contributed by atoms with Crippen LogP contribution in [-0.2, 0) is 38.1 Å². The number of ether oxygens (including phenoxy) is 4. The van der Waals surface area contributed by atoms with Crippen LogP contribution < -0.4 is 0 Å². The van der Waals surface area contributed by atoms with Crippen LogP contribution in [0.5, 0.6) is 0 Å². The van der Waals surface area contributed by atoms with Crippen molar-refractivity contribution in [2.24, 2.45) is 0 Å². The molecule has 0 N–H and O–H groups in total. The minimum Gasteiger partial charge on any atom is -0.459 e. The van der Waals surface area contributed by atoms with Gasteiger partial charge in [-0.15, -0.1) is 0 Å². The first-order chi connectivity index (χ1) is 18.6. The summed E-state index contributed by atoms with van der Waals surface area (Å²) < 4.78 is 197. The van der Waals surface area contributed by atoms with Crippen LogP contribution >= 0.6 is 0 Å². The number of carbonyl (C=O) groups excluding carboxylic acids is 4. The maximum absolute atomic E-state index is 13.6. The largest absolute Gasteiger partial charge is 0.459 e. The fraction of sp³-hybridized carbons (Fsp3) is 0.700. The third-order valence-corrected chi connectivity index (χ3v) is 4.44. The van der Waals surface area contributed by atoms with Crippen LogP contribution in [0.3, 0.4) is 0 Å². The summed E-state index contributed by atoms with van der Waals surface area (Å²) in [6, 6.07) is 0. The minimum atomic E-state index is -6.74. The van der Waals surface area contributed by atoms with Gasteiger partial charge in [-0.2, -0.15) is 61.5 Å². The Balaban J connectivity index is 5.33. The summed E-state index contributed by atoms with van der Waals surface area (Å²) in [6.07, 6.45) is -23.6. The number of halogens is 14. The predicted molar refractivity (Wildman–Crippen MR) is 103 cm³/mol. The average molecular weight is 652 g/mol. The van der Waals surface area contributed by atoms with Gasteiger partial charge in [0.15, 0.2) is 0 Å². The predicted octanol–water partition coefficient (Wildman–Crippen LogP) is 4.94. The summed E-state index contributed by atoms with van der Waals surface area (Å²) in [5.74, 6) is -31.5. The normalized spacial score (nSPS) is 15.1. The van der Waals surface area contributed by atoms with Gasteiger partial charge in [-0.3, -0.25) is 9.59 Å². The zero-order chi connectivity index (χ0) is 33.5. The quantitative estimate of drug-likeness (QED) is 0.113. The first-order valence-electron chi connectivity index (χ1n) is 10.6. The lowest BCUT2D eigenvalue weighted by Gasteiger charge is -2.30. The van der Waals surface area contributed by atoms with Gasteiger partial charge >= 0.3 is 59.9 Å². The van der Waals surface area contributed by atoms with Crippen LogP contribution in [0.2, 0.25) is 0 Å². The summed E-state index contributed by atoms with van der Waals surface area (Å²) in [7, 11) is 0. The molecule has 2 unspecified atom stereocenters. The molecule has 0 fully saturated rings. The monoisotopic (exact) mass is 652 g/mol. The minimum absolute atomic E-state index is 0.0445. The van der Waals surface area contributed by atoms with Crippen LogP contribution in [0.1, 0.15) is 26.7 Å². The molecule has 0 aliphatic heterocycles. The fourth-order valence-corrected chi connectivity index (χ4v) is 2.56. The summed E-state index contributed by atoms with van der Waals surface area (Å²) >= 11 is 0. The van der Waals surface area contributed by atoms with E-state index in [1.165, 1.54) is 0 Å². The number of rotatable bonds is 14. The first kappa shape index (κ1) is 38.6. The van der Waals surface area contributed by atoms with Crippen molar-refractivity contribution in [3.8, 4) is 0 Å². The Morgan fingerprint density at radius 1 is 0.548 bits per heavy atom. The zero-order valence-corrected chi connectivity index (χ0v) is 20.7. The summed E-state index contributed by atoms with van der Waals surface area (Å²) in [4.78, 5) is 45.1. The van der Waals surface area contributed by atoms with Crippen LogP contribution in [0.25, 0.3) is 0 Å². The van der Waals surface area contributed by atoms with E-state index in [4.69, 9.17) is 0 Å². The molecule has 0 aromatic carbocycles. The molecule has 0 saturated carbocycles. The van der Waals surface area contributed by atoms with Crippen molar-refractivity contribution in [3.05, 3.63) is 12.2 Å². The highest BCUT2D eigenvalue weighted by atomic mass is 19.4. The van der Waals surface area contributed by atoms with E-state index >= 15 is 0 Å². The molecule has 0 rings (SSSR count). The number of esters is 4. The van der Waals surface area contributed by atoms with Crippen molar-refractivity contribution in [1.82, 2.24) is 0 Å². The average Bonchev–Trinajstić information content (AvgIpc) is 2.76. The molecule has 0 amide bonds. The van der Waals surface area contributed by atoms with Crippen LogP contribution in [0, 0.1) is 0 Å². The lowest BCUT2D eigenvalue weighted by molar-refractivity contribution is -0.358. The second-order valence-electron chi connectivity index (χ2n) is 8.02. The molecule has 0 aliphatic rings. The van der Waals surface area contributed by atoms with E-state index < -0.39 is 98.2 Å². The topological polar surface area (TPSA) is 105 Å².